The fourth-order valence-electron chi connectivity index (χ4n) is 3.19. The molecule has 0 unspecified atom stereocenters. The molecule has 0 aliphatic heterocycles. The zero-order valence-electron chi connectivity index (χ0n) is 12.2. The van der Waals surface area contributed by atoms with E-state index in [-0.39, 0.29) is 0 Å². The van der Waals surface area contributed by atoms with E-state index in [1.165, 1.54) is 0 Å². The highest BCUT2D eigenvalue weighted by atomic mass is 16.5. The van der Waals surface area contributed by atoms with Crippen molar-refractivity contribution in [2.75, 3.05) is 7.11 Å². The summed E-state index contributed by atoms with van der Waals surface area (Å²) in [5.74, 6) is 0.963. The van der Waals surface area contributed by atoms with Gasteiger partial charge in [0.1, 0.15) is 5.82 Å². The van der Waals surface area contributed by atoms with Gasteiger partial charge in [0.25, 0.3) is 0 Å². The first-order valence-electron chi connectivity index (χ1n) is 7.27. The molecule has 20 heavy (non-hydrogen) atoms. The monoisotopic (exact) mass is 274 g/mol. The molecule has 1 aromatic heterocycles. The van der Waals surface area contributed by atoms with E-state index in [4.69, 9.17) is 4.74 Å². The minimum absolute atomic E-state index is 0.302. The minimum atomic E-state index is -0.635. The number of hydrogen-bond acceptors (Lipinski definition) is 3. The first kappa shape index (κ1) is 13.6. The number of aromatic nitrogens is 2. The molecular formula is C16H22N2O2. The number of hydrogen-bond donors (Lipinski definition) is 1. The van der Waals surface area contributed by atoms with E-state index in [9.17, 15) is 5.11 Å². The Morgan fingerprint density at radius 2 is 2.05 bits per heavy atom. The second kappa shape index (κ2) is 5.19. The molecule has 108 valence electrons. The van der Waals surface area contributed by atoms with E-state index in [1.807, 2.05) is 25.2 Å². The van der Waals surface area contributed by atoms with Crippen LogP contribution < -0.4 is 0 Å². The number of rotatable bonds is 3. The van der Waals surface area contributed by atoms with E-state index >= 15 is 0 Å². The molecule has 1 N–H and O–H groups in total. The fraction of sp³-hybridized carbons (Fsp3) is 0.562. The van der Waals surface area contributed by atoms with Crippen LogP contribution in [0.4, 0.5) is 0 Å². The lowest BCUT2D eigenvalue weighted by Gasteiger charge is -2.35. The van der Waals surface area contributed by atoms with Crippen LogP contribution in [0.2, 0.25) is 0 Å². The van der Waals surface area contributed by atoms with Crippen molar-refractivity contribution in [1.29, 1.82) is 0 Å². The van der Waals surface area contributed by atoms with Crippen LogP contribution in [0, 0.1) is 0 Å². The molecule has 4 heteroatoms. The van der Waals surface area contributed by atoms with E-state index < -0.39 is 5.60 Å². The Hall–Kier alpha value is -1.39. The average Bonchev–Trinajstić information content (AvgIpc) is 2.76. The molecule has 1 fully saturated rings. The average molecular weight is 274 g/mol. The lowest BCUT2D eigenvalue weighted by Crippen LogP contribution is -2.38. The van der Waals surface area contributed by atoms with Crippen molar-refractivity contribution in [1.82, 2.24) is 9.55 Å². The molecule has 2 aromatic rings. The molecule has 0 amide bonds. The topological polar surface area (TPSA) is 47.3 Å². The van der Waals surface area contributed by atoms with Gasteiger partial charge in [-0.15, -0.1) is 0 Å². The van der Waals surface area contributed by atoms with Gasteiger partial charge in [-0.05, 0) is 37.8 Å². The number of fused-ring (bicyclic) bond motifs is 1. The first-order valence-corrected chi connectivity index (χ1v) is 7.27. The molecule has 3 rings (SSSR count). The predicted octanol–water partition coefficient (Wildman–Crippen LogP) is 2.44. The number of para-hydroxylation sites is 2. The van der Waals surface area contributed by atoms with Gasteiger partial charge in [-0.3, -0.25) is 0 Å². The molecule has 0 spiro atoms. The second-order valence-electron chi connectivity index (χ2n) is 5.91. The molecule has 1 aliphatic rings. The van der Waals surface area contributed by atoms with Crippen LogP contribution >= 0.6 is 0 Å². The summed E-state index contributed by atoms with van der Waals surface area (Å²) in [5, 5.41) is 10.8. The van der Waals surface area contributed by atoms with Crippen molar-refractivity contribution in [2.45, 2.75) is 43.8 Å². The lowest BCUT2D eigenvalue weighted by atomic mass is 9.81. The van der Waals surface area contributed by atoms with Crippen LogP contribution in [0.25, 0.3) is 11.0 Å². The maximum Gasteiger partial charge on any atom is 0.112 e. The van der Waals surface area contributed by atoms with Gasteiger partial charge in [-0.25, -0.2) is 4.98 Å². The zero-order chi connectivity index (χ0) is 14.2. The molecule has 1 aliphatic carbocycles. The van der Waals surface area contributed by atoms with Gasteiger partial charge < -0.3 is 14.4 Å². The summed E-state index contributed by atoms with van der Waals surface area (Å²) in [5.41, 5.74) is 1.49. The number of methoxy groups -OCH3 is 1. The summed E-state index contributed by atoms with van der Waals surface area (Å²) in [6, 6.07) is 8.10. The molecule has 1 aromatic carbocycles. The molecule has 1 saturated carbocycles. The number of aryl methyl sites for hydroxylation is 1. The summed E-state index contributed by atoms with van der Waals surface area (Å²) in [4.78, 5) is 4.66. The first-order chi connectivity index (χ1) is 9.61. The summed E-state index contributed by atoms with van der Waals surface area (Å²) in [7, 11) is 3.77. The molecule has 0 radical (unpaired) electrons. The van der Waals surface area contributed by atoms with Gasteiger partial charge in [-0.1, -0.05) is 12.1 Å². The van der Waals surface area contributed by atoms with Crippen LogP contribution in [0.15, 0.2) is 24.3 Å². The summed E-state index contributed by atoms with van der Waals surface area (Å²) in [6.45, 7) is 0. The third-order valence-electron chi connectivity index (χ3n) is 4.56. The van der Waals surface area contributed by atoms with Gasteiger partial charge in [0.15, 0.2) is 0 Å². The Balaban J connectivity index is 1.81. The van der Waals surface area contributed by atoms with Gasteiger partial charge in [-0.2, -0.15) is 0 Å². The molecule has 4 nitrogen and oxygen atoms in total. The minimum Gasteiger partial charge on any atom is -0.389 e. The Morgan fingerprint density at radius 3 is 2.70 bits per heavy atom. The maximum atomic E-state index is 10.8. The number of imidazole rings is 1. The molecule has 1 heterocycles. The van der Waals surface area contributed by atoms with Gasteiger partial charge >= 0.3 is 0 Å². The van der Waals surface area contributed by atoms with E-state index in [0.29, 0.717) is 12.5 Å². The van der Waals surface area contributed by atoms with E-state index in [2.05, 4.69) is 15.6 Å². The Bertz CT molecular complexity index is 598. The Morgan fingerprint density at radius 1 is 1.35 bits per heavy atom. The van der Waals surface area contributed by atoms with E-state index in [0.717, 1.165) is 42.5 Å². The van der Waals surface area contributed by atoms with Crippen LogP contribution in [0.3, 0.4) is 0 Å². The predicted molar refractivity (Wildman–Crippen MR) is 78.6 cm³/mol. The van der Waals surface area contributed by atoms with Crippen LogP contribution in [0.1, 0.15) is 31.5 Å². The molecule has 0 atom stereocenters. The Kier molecular flexibility index (Phi) is 3.52. The van der Waals surface area contributed by atoms with Gasteiger partial charge in [0.05, 0.1) is 22.7 Å². The Labute approximate surface area is 119 Å². The van der Waals surface area contributed by atoms with Crippen molar-refractivity contribution < 1.29 is 9.84 Å². The number of ether oxygens (including phenoxy) is 1. The summed E-state index contributed by atoms with van der Waals surface area (Å²) >= 11 is 0. The molecule has 0 saturated heterocycles. The van der Waals surface area contributed by atoms with Crippen molar-refractivity contribution in [3.63, 3.8) is 0 Å². The fourth-order valence-corrected chi connectivity index (χ4v) is 3.19. The van der Waals surface area contributed by atoms with Gasteiger partial charge in [0.2, 0.25) is 0 Å². The third-order valence-corrected chi connectivity index (χ3v) is 4.56. The highest BCUT2D eigenvalue weighted by Crippen LogP contribution is 2.32. The molecular weight excluding hydrogens is 252 g/mol. The quantitative estimate of drug-likeness (QED) is 0.935. The zero-order valence-corrected chi connectivity index (χ0v) is 12.2. The highest BCUT2D eigenvalue weighted by molar-refractivity contribution is 5.75. The van der Waals surface area contributed by atoms with Crippen LogP contribution in [-0.4, -0.2) is 33.5 Å². The standard InChI is InChI=1S/C16H22N2O2/c1-18-14-6-4-3-5-13(14)17-15(18)11-16(19)9-7-12(20-2)8-10-16/h3-6,12,19H,7-11H2,1-2H3. The third kappa shape index (κ3) is 2.45. The number of benzene rings is 1. The normalized spacial score (nSPS) is 27.1. The SMILES string of the molecule is COC1CCC(O)(Cc2nc3ccccc3n2C)CC1. The highest BCUT2D eigenvalue weighted by Gasteiger charge is 2.34. The summed E-state index contributed by atoms with van der Waals surface area (Å²) < 4.78 is 7.47. The lowest BCUT2D eigenvalue weighted by molar-refractivity contribution is -0.0440. The van der Waals surface area contributed by atoms with Crippen molar-refractivity contribution in [3.05, 3.63) is 30.1 Å². The summed E-state index contributed by atoms with van der Waals surface area (Å²) in [6.07, 6.45) is 4.35. The van der Waals surface area contributed by atoms with Gasteiger partial charge in [0, 0.05) is 20.6 Å². The van der Waals surface area contributed by atoms with Crippen LogP contribution in [0.5, 0.6) is 0 Å². The van der Waals surface area contributed by atoms with Crippen molar-refractivity contribution >= 4 is 11.0 Å². The maximum absolute atomic E-state index is 10.8. The van der Waals surface area contributed by atoms with Crippen molar-refractivity contribution in [2.24, 2.45) is 7.05 Å². The number of nitrogens with zero attached hydrogens (tertiary/aromatic N) is 2. The largest absolute Gasteiger partial charge is 0.389 e. The second-order valence-corrected chi connectivity index (χ2v) is 5.91. The van der Waals surface area contributed by atoms with Crippen LogP contribution in [-0.2, 0) is 18.2 Å². The van der Waals surface area contributed by atoms with Crippen molar-refractivity contribution in [3.8, 4) is 0 Å². The smallest absolute Gasteiger partial charge is 0.112 e. The number of aliphatic hydroxyl groups is 1. The van der Waals surface area contributed by atoms with E-state index in [1.54, 1.807) is 7.11 Å². The molecule has 0 bridgehead atoms.